The first-order chi connectivity index (χ1) is 16.0. The average Bonchev–Trinajstić information content (AvgIpc) is 3.54. The number of amidine groups is 1. The Morgan fingerprint density at radius 3 is 2.31 bits per heavy atom. The Morgan fingerprint density at radius 2 is 1.69 bits per heavy atom. The van der Waals surface area contributed by atoms with Crippen LogP contribution in [0.5, 0.6) is 5.75 Å². The molecule has 6 N–H and O–H groups in total. The summed E-state index contributed by atoms with van der Waals surface area (Å²) < 4.78 is 7.82. The van der Waals surface area contributed by atoms with Crippen molar-refractivity contribution in [3.63, 3.8) is 0 Å². The molecule has 3 heterocycles. The summed E-state index contributed by atoms with van der Waals surface area (Å²) in [6.45, 7) is 5.57. The highest BCUT2D eigenvalue weighted by atomic mass is 32.2. The summed E-state index contributed by atoms with van der Waals surface area (Å²) in [6, 6.07) is 8.69. The molecule has 1 aromatic rings. The van der Waals surface area contributed by atoms with Gasteiger partial charge in [0, 0.05) is 56.0 Å². The van der Waals surface area contributed by atoms with Crippen LogP contribution >= 0.6 is 11.9 Å². The summed E-state index contributed by atoms with van der Waals surface area (Å²) in [5.41, 5.74) is 6.48. The molecule has 10 nitrogen and oxygen atoms in total. The highest BCUT2D eigenvalue weighted by Crippen LogP contribution is 2.51. The summed E-state index contributed by atoms with van der Waals surface area (Å²) >= 11 is 1.75. The molecular formula is C24H36N6O4S. The van der Waals surface area contributed by atoms with Crippen LogP contribution in [0.25, 0.3) is 0 Å². The van der Waals surface area contributed by atoms with Crippen molar-refractivity contribution in [1.82, 2.24) is 14.1 Å². The maximum atomic E-state index is 12.9. The molecule has 0 aromatic heterocycles. The molecule has 5 aliphatic rings. The Labute approximate surface area is 210 Å². The number of hydrogen-bond acceptors (Lipinski definition) is 5. The first-order valence-corrected chi connectivity index (χ1v) is 12.7. The quantitative estimate of drug-likeness (QED) is 0.349. The fraction of sp³-hybridized carbons (Fsp3) is 0.625. The summed E-state index contributed by atoms with van der Waals surface area (Å²) in [6.07, 6.45) is 6.10. The van der Waals surface area contributed by atoms with E-state index < -0.39 is 0 Å². The lowest BCUT2D eigenvalue weighted by Gasteiger charge is -2.63. The van der Waals surface area contributed by atoms with E-state index in [0.29, 0.717) is 17.4 Å². The Kier molecular flexibility index (Phi) is 7.07. The van der Waals surface area contributed by atoms with E-state index >= 15 is 0 Å². The van der Waals surface area contributed by atoms with Gasteiger partial charge < -0.3 is 31.2 Å². The molecule has 2 saturated carbocycles. The summed E-state index contributed by atoms with van der Waals surface area (Å²) in [7, 11) is 1.71. The minimum atomic E-state index is 0. The fourth-order valence-electron chi connectivity index (χ4n) is 5.78. The molecule has 0 bridgehead atoms. The van der Waals surface area contributed by atoms with Gasteiger partial charge in [-0.3, -0.25) is 4.99 Å². The van der Waals surface area contributed by atoms with Crippen LogP contribution in [0.2, 0.25) is 0 Å². The Balaban J connectivity index is 0.00000144. The molecule has 6 rings (SSSR count). The van der Waals surface area contributed by atoms with Crippen molar-refractivity contribution in [2.75, 3.05) is 46.4 Å². The van der Waals surface area contributed by atoms with Gasteiger partial charge in [-0.15, -0.1) is 0 Å². The number of ether oxygens (including phenoxy) is 1. The number of carbonyl (C=O) groups excluding carboxylic acids is 1. The molecule has 2 aliphatic carbocycles. The van der Waals surface area contributed by atoms with Crippen LogP contribution in [-0.4, -0.2) is 95.7 Å². The molecule has 3 saturated heterocycles. The number of benzene rings is 1. The third-order valence-electron chi connectivity index (χ3n) is 7.78. The van der Waals surface area contributed by atoms with Crippen LogP contribution in [0.15, 0.2) is 39.1 Å². The number of amides is 2. The highest BCUT2D eigenvalue weighted by Gasteiger charge is 2.58. The van der Waals surface area contributed by atoms with Crippen LogP contribution < -0.4 is 10.5 Å². The number of carbonyl (C=O) groups is 1. The van der Waals surface area contributed by atoms with Gasteiger partial charge >= 0.3 is 6.03 Å². The van der Waals surface area contributed by atoms with E-state index in [4.69, 9.17) is 10.5 Å². The van der Waals surface area contributed by atoms with Gasteiger partial charge in [0.25, 0.3) is 0 Å². The van der Waals surface area contributed by atoms with E-state index in [2.05, 4.69) is 20.4 Å². The molecule has 0 atom stereocenters. The van der Waals surface area contributed by atoms with E-state index in [0.717, 1.165) is 81.4 Å². The van der Waals surface area contributed by atoms with Gasteiger partial charge in [-0.05, 0) is 49.8 Å². The van der Waals surface area contributed by atoms with Crippen molar-refractivity contribution in [3.8, 4) is 5.75 Å². The lowest BCUT2D eigenvalue weighted by molar-refractivity contribution is -0.0895. The molecule has 35 heavy (non-hydrogen) atoms. The maximum Gasteiger partial charge on any atom is 0.320 e. The predicted molar refractivity (Wildman–Crippen MR) is 137 cm³/mol. The largest absolute Gasteiger partial charge is 0.496 e. The van der Waals surface area contributed by atoms with Crippen molar-refractivity contribution in [3.05, 3.63) is 24.3 Å². The zero-order valence-electron chi connectivity index (χ0n) is 20.2. The summed E-state index contributed by atoms with van der Waals surface area (Å²) in [5, 5.41) is 0. The number of para-hydroxylation sites is 1. The van der Waals surface area contributed by atoms with Gasteiger partial charge in [0.05, 0.1) is 18.0 Å². The number of aliphatic imine (C=N–C) groups is 2. The van der Waals surface area contributed by atoms with Gasteiger partial charge in [-0.25, -0.2) is 14.1 Å². The van der Waals surface area contributed by atoms with E-state index in [-0.39, 0.29) is 22.4 Å². The summed E-state index contributed by atoms with van der Waals surface area (Å²) in [4.78, 5) is 26.9. The molecule has 192 valence electrons. The first-order valence-electron chi connectivity index (χ1n) is 11.9. The number of rotatable bonds is 6. The number of nitrogens with zero attached hydrogens (tertiary/aromatic N) is 5. The predicted octanol–water partition coefficient (Wildman–Crippen LogP) is 1.05. The SMILES string of the molecule is COc1ccccc1SN1CC2(C1)CN(C(=O)N1CC3(CC(N=CN=C(N)C4CC4)C3)C1)C2.O.O. The van der Waals surface area contributed by atoms with Gasteiger partial charge in [-0.2, -0.15) is 0 Å². The van der Waals surface area contributed by atoms with Crippen LogP contribution in [-0.2, 0) is 0 Å². The number of urea groups is 1. The lowest BCUT2D eigenvalue weighted by atomic mass is 9.61. The molecule has 1 aromatic carbocycles. The van der Waals surface area contributed by atoms with Crippen LogP contribution in [0.4, 0.5) is 4.79 Å². The molecule has 5 fully saturated rings. The molecular weight excluding hydrogens is 468 g/mol. The van der Waals surface area contributed by atoms with E-state index in [1.165, 1.54) is 0 Å². The number of methoxy groups -OCH3 is 1. The standard InChI is InChI=1S/C24H32N6O2S.2H2O/c1-32-19-4-2-3-5-20(19)33-30-14-24(15-30)12-29(13-24)22(31)28-10-23(11-28)8-18(9-23)26-16-27-21(25)17-6-7-17;;/h2-5,16-18H,6-15H2,1H3,(H2,25,26,27);2*1H2. The van der Waals surface area contributed by atoms with Crippen molar-refractivity contribution in [2.24, 2.45) is 32.5 Å². The molecule has 0 radical (unpaired) electrons. The van der Waals surface area contributed by atoms with E-state index in [1.54, 1.807) is 25.4 Å². The van der Waals surface area contributed by atoms with Crippen molar-refractivity contribution in [1.29, 1.82) is 0 Å². The molecule has 3 aliphatic heterocycles. The topological polar surface area (TPSA) is 150 Å². The second-order valence-corrected chi connectivity index (χ2v) is 11.8. The molecule has 0 unspecified atom stereocenters. The van der Waals surface area contributed by atoms with Gasteiger partial charge in [0.1, 0.15) is 17.9 Å². The summed E-state index contributed by atoms with van der Waals surface area (Å²) in [5.74, 6) is 2.14. The smallest absolute Gasteiger partial charge is 0.320 e. The Morgan fingerprint density at radius 1 is 1.06 bits per heavy atom. The highest BCUT2D eigenvalue weighted by molar-refractivity contribution is 7.97. The zero-order valence-corrected chi connectivity index (χ0v) is 21.0. The minimum absolute atomic E-state index is 0. The van der Waals surface area contributed by atoms with Gasteiger partial charge in [0.15, 0.2) is 0 Å². The van der Waals surface area contributed by atoms with Crippen LogP contribution in [0.1, 0.15) is 25.7 Å². The number of nitrogens with two attached hydrogens (primary N) is 1. The van der Waals surface area contributed by atoms with Crippen LogP contribution in [0, 0.1) is 16.7 Å². The Bertz CT molecular complexity index is 987. The second-order valence-electron chi connectivity index (χ2n) is 10.7. The average molecular weight is 505 g/mol. The van der Waals surface area contributed by atoms with Crippen LogP contribution in [0.3, 0.4) is 0 Å². The maximum absolute atomic E-state index is 12.9. The van der Waals surface area contributed by atoms with E-state index in [9.17, 15) is 4.79 Å². The van der Waals surface area contributed by atoms with Crippen molar-refractivity contribution in [2.45, 2.75) is 36.6 Å². The zero-order chi connectivity index (χ0) is 22.6. The monoisotopic (exact) mass is 504 g/mol. The number of likely N-dealkylation sites (tertiary alicyclic amines) is 2. The molecule has 2 amide bonds. The van der Waals surface area contributed by atoms with Crippen molar-refractivity contribution >= 4 is 30.2 Å². The third kappa shape index (κ3) is 4.87. The normalized spacial score (nSPS) is 24.7. The fourth-order valence-corrected chi connectivity index (χ4v) is 7.12. The number of hydrogen-bond donors (Lipinski definition) is 1. The molecule has 11 heteroatoms. The van der Waals surface area contributed by atoms with Crippen molar-refractivity contribution < 1.29 is 20.5 Å². The van der Waals surface area contributed by atoms with Gasteiger partial charge in [-0.1, -0.05) is 12.1 Å². The molecule has 2 spiro atoms. The first kappa shape index (κ1) is 25.7. The Hall–Kier alpha value is -2.34. The lowest BCUT2D eigenvalue weighted by Crippen LogP contribution is -2.75. The third-order valence-corrected chi connectivity index (χ3v) is 8.83. The van der Waals surface area contributed by atoms with Gasteiger partial charge in [0.2, 0.25) is 0 Å². The minimum Gasteiger partial charge on any atom is -0.496 e. The second kappa shape index (κ2) is 9.61. The van der Waals surface area contributed by atoms with E-state index in [1.807, 2.05) is 28.0 Å².